The second-order valence-electron chi connectivity index (χ2n) is 6.03. The lowest BCUT2D eigenvalue weighted by molar-refractivity contribution is 0.166. The summed E-state index contributed by atoms with van der Waals surface area (Å²) in [7, 11) is 0. The number of benzene rings is 1. The molecular weight excluding hydrogens is 260 g/mol. The molecule has 3 rings (SSSR count). The second kappa shape index (κ2) is 6.58. The molecule has 0 amide bonds. The van der Waals surface area contributed by atoms with Crippen molar-refractivity contribution in [3.8, 4) is 0 Å². The first-order chi connectivity index (χ1) is 10.3. The van der Waals surface area contributed by atoms with Gasteiger partial charge in [0.2, 0.25) is 0 Å². The van der Waals surface area contributed by atoms with E-state index in [0.717, 1.165) is 25.0 Å². The van der Waals surface area contributed by atoms with Crippen molar-refractivity contribution in [1.29, 1.82) is 0 Å². The monoisotopic (exact) mass is 286 g/mol. The average molecular weight is 286 g/mol. The third-order valence-electron chi connectivity index (χ3n) is 4.58. The summed E-state index contributed by atoms with van der Waals surface area (Å²) < 4.78 is 2.38. The predicted molar refractivity (Wildman–Crippen MR) is 87.2 cm³/mol. The van der Waals surface area contributed by atoms with Crippen LogP contribution in [0.15, 0.2) is 24.3 Å². The third kappa shape index (κ3) is 2.97. The highest BCUT2D eigenvalue weighted by Crippen LogP contribution is 2.27. The molecule has 21 heavy (non-hydrogen) atoms. The number of nitrogens with two attached hydrogens (primary N) is 1. The summed E-state index contributed by atoms with van der Waals surface area (Å²) in [4.78, 5) is 7.49. The van der Waals surface area contributed by atoms with Crippen molar-refractivity contribution < 1.29 is 0 Å². The maximum Gasteiger partial charge on any atom is 0.127 e. The number of para-hydroxylation sites is 2. The maximum absolute atomic E-state index is 5.71. The van der Waals surface area contributed by atoms with Crippen LogP contribution >= 0.6 is 0 Å². The Hall–Kier alpha value is -1.39. The zero-order valence-electron chi connectivity index (χ0n) is 13.0. The number of aryl methyl sites for hydroxylation is 1. The minimum atomic E-state index is 0.385. The molecule has 1 aromatic carbocycles. The van der Waals surface area contributed by atoms with Crippen LogP contribution in [-0.2, 0) is 6.54 Å². The van der Waals surface area contributed by atoms with E-state index >= 15 is 0 Å². The fourth-order valence-electron chi connectivity index (χ4n) is 3.37. The van der Waals surface area contributed by atoms with Gasteiger partial charge in [0.1, 0.15) is 5.82 Å². The number of fused-ring (bicyclic) bond motifs is 1. The molecule has 1 saturated heterocycles. The topological polar surface area (TPSA) is 47.1 Å². The standard InChI is InChI=1S/C17H26N4/c1-14(20-11-5-2-6-12-20)17-19-15-8-3-4-9-16(15)21(17)13-7-10-18/h3-4,8-9,14H,2,5-7,10-13,18H2,1H3. The molecule has 1 fully saturated rings. The van der Waals surface area contributed by atoms with E-state index in [1.54, 1.807) is 0 Å². The molecule has 114 valence electrons. The van der Waals surface area contributed by atoms with Crippen LogP contribution in [0.25, 0.3) is 11.0 Å². The van der Waals surface area contributed by atoms with Gasteiger partial charge in [0.15, 0.2) is 0 Å². The molecule has 0 aliphatic carbocycles. The molecule has 0 saturated carbocycles. The van der Waals surface area contributed by atoms with Crippen LogP contribution < -0.4 is 5.73 Å². The Kier molecular flexibility index (Phi) is 4.56. The minimum Gasteiger partial charge on any atom is -0.330 e. The van der Waals surface area contributed by atoms with Gasteiger partial charge in [-0.05, 0) is 58.0 Å². The molecule has 0 bridgehead atoms. The van der Waals surface area contributed by atoms with Crippen LogP contribution in [0.5, 0.6) is 0 Å². The molecule has 1 atom stereocenters. The number of hydrogen-bond acceptors (Lipinski definition) is 3. The van der Waals surface area contributed by atoms with E-state index in [1.165, 1.54) is 43.7 Å². The van der Waals surface area contributed by atoms with Crippen molar-refractivity contribution in [2.75, 3.05) is 19.6 Å². The number of likely N-dealkylation sites (tertiary alicyclic amines) is 1. The smallest absolute Gasteiger partial charge is 0.127 e. The molecule has 0 spiro atoms. The highest BCUT2D eigenvalue weighted by atomic mass is 15.2. The van der Waals surface area contributed by atoms with Gasteiger partial charge in [0.05, 0.1) is 17.1 Å². The average Bonchev–Trinajstić information content (AvgIpc) is 2.91. The van der Waals surface area contributed by atoms with E-state index in [4.69, 9.17) is 10.7 Å². The fourth-order valence-corrected chi connectivity index (χ4v) is 3.37. The molecule has 4 heteroatoms. The Labute approximate surface area is 126 Å². The van der Waals surface area contributed by atoms with Crippen LogP contribution in [0.4, 0.5) is 0 Å². The van der Waals surface area contributed by atoms with Gasteiger partial charge in [0, 0.05) is 6.54 Å². The first-order valence-electron chi connectivity index (χ1n) is 8.20. The van der Waals surface area contributed by atoms with E-state index in [1.807, 2.05) is 0 Å². The van der Waals surface area contributed by atoms with Gasteiger partial charge in [0.25, 0.3) is 0 Å². The molecule has 2 aromatic rings. The Bertz CT molecular complexity index is 583. The third-order valence-corrected chi connectivity index (χ3v) is 4.58. The molecule has 1 aromatic heterocycles. The molecule has 2 N–H and O–H groups in total. The van der Waals surface area contributed by atoms with Gasteiger partial charge >= 0.3 is 0 Å². The van der Waals surface area contributed by atoms with Gasteiger partial charge in [-0.25, -0.2) is 4.98 Å². The van der Waals surface area contributed by atoms with Crippen LogP contribution in [-0.4, -0.2) is 34.1 Å². The van der Waals surface area contributed by atoms with Gasteiger partial charge in [-0.2, -0.15) is 0 Å². The van der Waals surface area contributed by atoms with Crippen LogP contribution in [0, 0.1) is 0 Å². The quantitative estimate of drug-likeness (QED) is 0.919. The Morgan fingerprint density at radius 3 is 2.71 bits per heavy atom. The number of aromatic nitrogens is 2. The van der Waals surface area contributed by atoms with Crippen molar-refractivity contribution in [3.05, 3.63) is 30.1 Å². The number of hydrogen-bond donors (Lipinski definition) is 1. The van der Waals surface area contributed by atoms with Gasteiger partial charge in [-0.3, -0.25) is 4.90 Å². The minimum absolute atomic E-state index is 0.385. The lowest BCUT2D eigenvalue weighted by Crippen LogP contribution is -2.33. The largest absolute Gasteiger partial charge is 0.330 e. The molecule has 4 nitrogen and oxygen atoms in total. The number of nitrogens with zero attached hydrogens (tertiary/aromatic N) is 3. The van der Waals surface area contributed by atoms with Crippen LogP contribution in [0.2, 0.25) is 0 Å². The Morgan fingerprint density at radius 1 is 1.19 bits per heavy atom. The van der Waals surface area contributed by atoms with Crippen molar-refractivity contribution in [2.24, 2.45) is 5.73 Å². The van der Waals surface area contributed by atoms with Crippen molar-refractivity contribution in [3.63, 3.8) is 0 Å². The Balaban J connectivity index is 1.95. The number of rotatable bonds is 5. The highest BCUT2D eigenvalue weighted by molar-refractivity contribution is 5.76. The van der Waals surface area contributed by atoms with Gasteiger partial charge in [-0.15, -0.1) is 0 Å². The van der Waals surface area contributed by atoms with E-state index in [-0.39, 0.29) is 0 Å². The van der Waals surface area contributed by atoms with Gasteiger partial charge < -0.3 is 10.3 Å². The van der Waals surface area contributed by atoms with Crippen molar-refractivity contribution >= 4 is 11.0 Å². The molecular formula is C17H26N4. The zero-order valence-corrected chi connectivity index (χ0v) is 13.0. The first-order valence-corrected chi connectivity index (χ1v) is 8.20. The summed E-state index contributed by atoms with van der Waals surface area (Å²) in [6.45, 7) is 6.38. The van der Waals surface area contributed by atoms with Crippen LogP contribution in [0.1, 0.15) is 44.5 Å². The SMILES string of the molecule is CC(c1nc2ccccc2n1CCCN)N1CCCCC1. The highest BCUT2D eigenvalue weighted by Gasteiger charge is 2.23. The summed E-state index contributed by atoms with van der Waals surface area (Å²) in [5, 5.41) is 0. The zero-order chi connectivity index (χ0) is 14.7. The lowest BCUT2D eigenvalue weighted by atomic mass is 10.1. The number of piperidine rings is 1. The van der Waals surface area contributed by atoms with Crippen molar-refractivity contribution in [1.82, 2.24) is 14.5 Å². The summed E-state index contributed by atoms with van der Waals surface area (Å²) in [5.41, 5.74) is 8.06. The van der Waals surface area contributed by atoms with Crippen LogP contribution in [0.3, 0.4) is 0 Å². The summed E-state index contributed by atoms with van der Waals surface area (Å²) >= 11 is 0. The Morgan fingerprint density at radius 2 is 1.95 bits per heavy atom. The van der Waals surface area contributed by atoms with E-state index in [0.29, 0.717) is 6.04 Å². The maximum atomic E-state index is 5.71. The first kappa shape index (κ1) is 14.5. The normalized spacial score (nSPS) is 18.2. The predicted octanol–water partition coefficient (Wildman–Crippen LogP) is 2.93. The van der Waals surface area contributed by atoms with Crippen molar-refractivity contribution in [2.45, 2.75) is 45.2 Å². The molecule has 0 radical (unpaired) electrons. The summed E-state index contributed by atoms with van der Waals surface area (Å²) in [5.74, 6) is 1.20. The molecule has 1 aliphatic rings. The van der Waals surface area contributed by atoms with E-state index in [9.17, 15) is 0 Å². The second-order valence-corrected chi connectivity index (χ2v) is 6.03. The fraction of sp³-hybridized carbons (Fsp3) is 0.588. The molecule has 1 aliphatic heterocycles. The summed E-state index contributed by atoms with van der Waals surface area (Å²) in [6.07, 6.45) is 4.99. The molecule has 2 heterocycles. The number of imidazole rings is 1. The van der Waals surface area contributed by atoms with Gasteiger partial charge in [-0.1, -0.05) is 18.6 Å². The van der Waals surface area contributed by atoms with E-state index in [2.05, 4.69) is 40.7 Å². The molecule has 1 unspecified atom stereocenters. The lowest BCUT2D eigenvalue weighted by Gasteiger charge is -2.32. The summed E-state index contributed by atoms with van der Waals surface area (Å²) in [6, 6.07) is 8.83. The van der Waals surface area contributed by atoms with E-state index < -0.39 is 0 Å².